The smallest absolute Gasteiger partial charge is 0.0947 e. The molecule has 1 aromatic rings. The van der Waals surface area contributed by atoms with E-state index in [0.717, 1.165) is 12.5 Å². The van der Waals surface area contributed by atoms with E-state index in [9.17, 15) is 0 Å². The molecule has 1 unspecified atom stereocenters. The molecule has 2 aliphatic rings. The molecule has 1 aromatic heterocycles. The van der Waals surface area contributed by atoms with Gasteiger partial charge in [-0.3, -0.25) is 0 Å². The Morgan fingerprint density at radius 3 is 3.06 bits per heavy atom. The first-order valence-electron chi connectivity index (χ1n) is 6.37. The fraction of sp³-hybridized carbons (Fsp3) is 0.692. The third kappa shape index (κ3) is 2.66. The van der Waals surface area contributed by atoms with Crippen LogP contribution in [-0.4, -0.2) is 30.6 Å². The minimum Gasteiger partial charge on any atom is -0.472 e. The topological polar surface area (TPSA) is 28.4 Å². The number of nitrogens with zero attached hydrogens (tertiary/aromatic N) is 1. The minimum absolute atomic E-state index is 0.675. The van der Waals surface area contributed by atoms with Gasteiger partial charge in [-0.1, -0.05) is 0 Å². The molecule has 3 nitrogen and oxygen atoms in total. The summed E-state index contributed by atoms with van der Waals surface area (Å²) in [4.78, 5) is 2.62. The van der Waals surface area contributed by atoms with Gasteiger partial charge in [-0.15, -0.1) is 0 Å². The first kappa shape index (κ1) is 10.4. The number of hydrogen-bond donors (Lipinski definition) is 1. The molecule has 2 heterocycles. The largest absolute Gasteiger partial charge is 0.472 e. The van der Waals surface area contributed by atoms with Crippen molar-refractivity contribution in [1.82, 2.24) is 10.2 Å². The lowest BCUT2D eigenvalue weighted by atomic mass is 10.2. The lowest BCUT2D eigenvalue weighted by molar-refractivity contribution is 0.314. The Morgan fingerprint density at radius 1 is 1.38 bits per heavy atom. The average Bonchev–Trinajstić information content (AvgIpc) is 2.81. The van der Waals surface area contributed by atoms with Crippen LogP contribution >= 0.6 is 0 Å². The third-order valence-corrected chi connectivity index (χ3v) is 3.66. The zero-order valence-electron chi connectivity index (χ0n) is 9.69. The first-order valence-corrected chi connectivity index (χ1v) is 6.37. The van der Waals surface area contributed by atoms with Gasteiger partial charge in [-0.25, -0.2) is 0 Å². The van der Waals surface area contributed by atoms with Gasteiger partial charge in [0.2, 0.25) is 0 Å². The molecule has 1 aliphatic heterocycles. The molecule has 1 saturated carbocycles. The number of hydrogen-bond acceptors (Lipinski definition) is 3. The molecule has 0 aromatic carbocycles. The molecule has 0 amide bonds. The minimum atomic E-state index is 0.675. The fourth-order valence-corrected chi connectivity index (χ4v) is 2.49. The van der Waals surface area contributed by atoms with Crippen LogP contribution in [0.5, 0.6) is 0 Å². The van der Waals surface area contributed by atoms with Gasteiger partial charge in [-0.05, 0) is 37.8 Å². The molecular formula is C13H20N2O. The highest BCUT2D eigenvalue weighted by molar-refractivity contribution is 5.05. The van der Waals surface area contributed by atoms with E-state index in [4.69, 9.17) is 4.42 Å². The molecule has 0 radical (unpaired) electrons. The van der Waals surface area contributed by atoms with Crippen LogP contribution in [0.4, 0.5) is 0 Å². The summed E-state index contributed by atoms with van der Waals surface area (Å²) in [6.45, 7) is 4.79. The van der Waals surface area contributed by atoms with Crippen molar-refractivity contribution < 1.29 is 4.42 Å². The molecule has 16 heavy (non-hydrogen) atoms. The van der Waals surface area contributed by atoms with Crippen molar-refractivity contribution in [2.24, 2.45) is 5.92 Å². The molecule has 1 saturated heterocycles. The molecule has 88 valence electrons. The van der Waals surface area contributed by atoms with Crippen LogP contribution in [0.3, 0.4) is 0 Å². The molecule has 0 bridgehead atoms. The van der Waals surface area contributed by atoms with E-state index in [-0.39, 0.29) is 0 Å². The summed E-state index contributed by atoms with van der Waals surface area (Å²) in [6, 6.07) is 2.71. The van der Waals surface area contributed by atoms with Crippen LogP contribution in [0.25, 0.3) is 0 Å². The van der Waals surface area contributed by atoms with Crippen molar-refractivity contribution in [1.29, 1.82) is 0 Å². The summed E-state index contributed by atoms with van der Waals surface area (Å²) in [5.74, 6) is 1.02. The molecule has 0 spiro atoms. The summed E-state index contributed by atoms with van der Waals surface area (Å²) in [6.07, 6.45) is 7.78. The van der Waals surface area contributed by atoms with Crippen molar-refractivity contribution >= 4 is 0 Å². The summed E-state index contributed by atoms with van der Waals surface area (Å²) in [5, 5.41) is 3.61. The van der Waals surface area contributed by atoms with Crippen molar-refractivity contribution in [2.75, 3.05) is 19.6 Å². The van der Waals surface area contributed by atoms with E-state index >= 15 is 0 Å². The normalized spacial score (nSPS) is 26.4. The van der Waals surface area contributed by atoms with E-state index < -0.39 is 0 Å². The lowest BCUT2D eigenvalue weighted by Crippen LogP contribution is -2.32. The zero-order chi connectivity index (χ0) is 10.8. The van der Waals surface area contributed by atoms with Gasteiger partial charge in [0.05, 0.1) is 12.5 Å². The highest BCUT2D eigenvalue weighted by Gasteiger charge is 2.28. The summed E-state index contributed by atoms with van der Waals surface area (Å²) >= 11 is 0. The van der Waals surface area contributed by atoms with Gasteiger partial charge < -0.3 is 14.6 Å². The second kappa shape index (κ2) is 4.60. The first-order chi connectivity index (χ1) is 7.90. The van der Waals surface area contributed by atoms with Crippen LogP contribution in [0.2, 0.25) is 0 Å². The summed E-state index contributed by atoms with van der Waals surface area (Å²) in [5.41, 5.74) is 1.25. The molecule has 1 N–H and O–H groups in total. The Labute approximate surface area is 96.8 Å². The predicted octanol–water partition coefficient (Wildman–Crippen LogP) is 1.85. The van der Waals surface area contributed by atoms with Gasteiger partial charge in [0.1, 0.15) is 0 Å². The summed E-state index contributed by atoms with van der Waals surface area (Å²) in [7, 11) is 0. The van der Waals surface area contributed by atoms with Gasteiger partial charge >= 0.3 is 0 Å². The summed E-state index contributed by atoms with van der Waals surface area (Å²) < 4.78 is 5.06. The Balaban J connectivity index is 1.39. The van der Waals surface area contributed by atoms with E-state index in [1.807, 2.05) is 12.3 Å². The molecule has 2 fully saturated rings. The second-order valence-electron chi connectivity index (χ2n) is 5.20. The van der Waals surface area contributed by atoms with Crippen LogP contribution in [0.1, 0.15) is 24.8 Å². The quantitative estimate of drug-likeness (QED) is 0.821. The maximum Gasteiger partial charge on any atom is 0.0947 e. The molecular weight excluding hydrogens is 200 g/mol. The number of nitrogens with one attached hydrogen (secondary N) is 1. The van der Waals surface area contributed by atoms with Crippen molar-refractivity contribution in [3.63, 3.8) is 0 Å². The van der Waals surface area contributed by atoms with Gasteiger partial charge in [0.25, 0.3) is 0 Å². The second-order valence-corrected chi connectivity index (χ2v) is 5.20. The van der Waals surface area contributed by atoms with E-state index in [0.29, 0.717) is 6.04 Å². The van der Waals surface area contributed by atoms with Crippen molar-refractivity contribution in [3.8, 4) is 0 Å². The maximum absolute atomic E-state index is 5.06. The van der Waals surface area contributed by atoms with Gasteiger partial charge in [0.15, 0.2) is 0 Å². The average molecular weight is 220 g/mol. The number of rotatable bonds is 5. The Bertz CT molecular complexity index is 319. The molecule has 1 aliphatic carbocycles. The van der Waals surface area contributed by atoms with E-state index in [2.05, 4.69) is 10.2 Å². The van der Waals surface area contributed by atoms with Crippen LogP contribution < -0.4 is 5.32 Å². The van der Waals surface area contributed by atoms with Crippen LogP contribution in [0.15, 0.2) is 23.0 Å². The molecule has 1 atom stereocenters. The number of furan rings is 1. The SMILES string of the molecule is c1cc(CNC2CCN(CC3CC3)C2)co1. The standard InChI is InChI=1S/C13H20N2O/c1-2-11(1)8-15-5-3-13(9-15)14-7-12-4-6-16-10-12/h4,6,10-11,13-14H,1-3,5,7-9H2. The van der Waals surface area contributed by atoms with Crippen molar-refractivity contribution in [3.05, 3.63) is 24.2 Å². The fourth-order valence-electron chi connectivity index (χ4n) is 2.49. The third-order valence-electron chi connectivity index (χ3n) is 3.66. The zero-order valence-corrected chi connectivity index (χ0v) is 9.69. The maximum atomic E-state index is 5.06. The predicted molar refractivity (Wildman–Crippen MR) is 63.1 cm³/mol. The van der Waals surface area contributed by atoms with E-state index in [1.54, 1.807) is 6.26 Å². The monoisotopic (exact) mass is 220 g/mol. The molecule has 3 rings (SSSR count). The highest BCUT2D eigenvalue weighted by atomic mass is 16.3. The Morgan fingerprint density at radius 2 is 2.31 bits per heavy atom. The Kier molecular flexibility index (Phi) is 2.98. The van der Waals surface area contributed by atoms with Crippen LogP contribution in [0, 0.1) is 5.92 Å². The Hall–Kier alpha value is -0.800. The van der Waals surface area contributed by atoms with Crippen LogP contribution in [-0.2, 0) is 6.54 Å². The number of likely N-dealkylation sites (tertiary alicyclic amines) is 1. The van der Waals surface area contributed by atoms with E-state index in [1.165, 1.54) is 44.5 Å². The van der Waals surface area contributed by atoms with Crippen molar-refractivity contribution in [2.45, 2.75) is 31.8 Å². The highest BCUT2D eigenvalue weighted by Crippen LogP contribution is 2.30. The van der Waals surface area contributed by atoms with Gasteiger partial charge in [-0.2, -0.15) is 0 Å². The van der Waals surface area contributed by atoms with Gasteiger partial charge in [0, 0.05) is 31.2 Å². The molecule has 3 heteroatoms. The lowest BCUT2D eigenvalue weighted by Gasteiger charge is -2.15.